The SMILES string of the molecule is CNS(=O)(=O)CC1CCCN(C(=O)Nc2cccc(N(C)C(C)=O)c2)C1. The molecule has 144 valence electrons. The third-order valence-electron chi connectivity index (χ3n) is 4.53. The number of carbonyl (C=O) groups is 2. The largest absolute Gasteiger partial charge is 0.324 e. The minimum atomic E-state index is -3.30. The van der Waals surface area contributed by atoms with Gasteiger partial charge in [-0.2, -0.15) is 0 Å². The molecule has 0 spiro atoms. The molecule has 1 heterocycles. The Kier molecular flexibility index (Phi) is 6.60. The monoisotopic (exact) mass is 382 g/mol. The van der Waals surface area contributed by atoms with Crippen LogP contribution in [0.3, 0.4) is 0 Å². The molecule has 3 amide bonds. The number of nitrogens with one attached hydrogen (secondary N) is 2. The lowest BCUT2D eigenvalue weighted by Crippen LogP contribution is -2.44. The van der Waals surface area contributed by atoms with E-state index in [0.29, 0.717) is 24.5 Å². The van der Waals surface area contributed by atoms with E-state index in [1.165, 1.54) is 18.9 Å². The first-order valence-corrected chi connectivity index (χ1v) is 10.2. The smallest absolute Gasteiger partial charge is 0.321 e. The van der Waals surface area contributed by atoms with Gasteiger partial charge in [-0.15, -0.1) is 0 Å². The summed E-state index contributed by atoms with van der Waals surface area (Å²) in [5.74, 6) is -0.160. The molecule has 1 fully saturated rings. The van der Waals surface area contributed by atoms with E-state index in [1.54, 1.807) is 36.2 Å². The van der Waals surface area contributed by atoms with Crippen LogP contribution >= 0.6 is 0 Å². The topological polar surface area (TPSA) is 98.8 Å². The Morgan fingerprint density at radius 3 is 2.73 bits per heavy atom. The number of nitrogens with zero attached hydrogens (tertiary/aromatic N) is 2. The van der Waals surface area contributed by atoms with Crippen molar-refractivity contribution in [3.05, 3.63) is 24.3 Å². The number of carbonyl (C=O) groups excluding carboxylic acids is 2. The Hall–Kier alpha value is -2.13. The first kappa shape index (κ1) is 20.2. The van der Waals surface area contributed by atoms with Crippen LogP contribution in [0.15, 0.2) is 24.3 Å². The zero-order valence-electron chi connectivity index (χ0n) is 15.4. The lowest BCUT2D eigenvalue weighted by molar-refractivity contribution is -0.116. The van der Waals surface area contributed by atoms with Gasteiger partial charge in [-0.25, -0.2) is 17.9 Å². The highest BCUT2D eigenvalue weighted by molar-refractivity contribution is 7.89. The van der Waals surface area contributed by atoms with Crippen LogP contribution in [-0.2, 0) is 14.8 Å². The minimum absolute atomic E-state index is 0.0200. The van der Waals surface area contributed by atoms with Crippen molar-refractivity contribution in [3.8, 4) is 0 Å². The van der Waals surface area contributed by atoms with Gasteiger partial charge in [0.2, 0.25) is 15.9 Å². The van der Waals surface area contributed by atoms with Crippen molar-refractivity contribution in [2.75, 3.05) is 43.2 Å². The zero-order chi connectivity index (χ0) is 19.3. The van der Waals surface area contributed by atoms with Gasteiger partial charge in [0, 0.05) is 38.4 Å². The first-order valence-electron chi connectivity index (χ1n) is 8.53. The number of anilines is 2. The molecule has 1 aromatic carbocycles. The fourth-order valence-corrected chi connectivity index (χ4v) is 4.02. The molecule has 9 heteroatoms. The summed E-state index contributed by atoms with van der Waals surface area (Å²) in [6, 6.07) is 6.77. The summed E-state index contributed by atoms with van der Waals surface area (Å²) in [5.41, 5.74) is 1.28. The molecule has 1 aliphatic heterocycles. The van der Waals surface area contributed by atoms with Crippen LogP contribution in [0, 0.1) is 5.92 Å². The van der Waals surface area contributed by atoms with E-state index in [2.05, 4.69) is 10.0 Å². The zero-order valence-corrected chi connectivity index (χ0v) is 16.2. The number of hydrogen-bond donors (Lipinski definition) is 2. The molecule has 8 nitrogen and oxygen atoms in total. The number of rotatable bonds is 5. The number of amides is 3. The lowest BCUT2D eigenvalue weighted by atomic mass is 10.0. The van der Waals surface area contributed by atoms with Gasteiger partial charge in [-0.3, -0.25) is 4.79 Å². The molecule has 0 bridgehead atoms. The Morgan fingerprint density at radius 2 is 2.08 bits per heavy atom. The van der Waals surface area contributed by atoms with Crippen molar-refractivity contribution >= 4 is 33.3 Å². The summed E-state index contributed by atoms with van der Waals surface area (Å²) in [6.07, 6.45) is 1.55. The first-order chi connectivity index (χ1) is 12.2. The second kappa shape index (κ2) is 8.50. The molecular formula is C17H26N4O4S. The molecule has 1 aromatic rings. The second-order valence-corrected chi connectivity index (χ2v) is 8.47. The van der Waals surface area contributed by atoms with E-state index in [-0.39, 0.29) is 23.6 Å². The summed E-state index contributed by atoms with van der Waals surface area (Å²) >= 11 is 0. The molecule has 1 saturated heterocycles. The molecule has 2 rings (SSSR count). The molecule has 0 saturated carbocycles. The number of likely N-dealkylation sites (tertiary alicyclic amines) is 1. The van der Waals surface area contributed by atoms with E-state index >= 15 is 0 Å². The Morgan fingerprint density at radius 1 is 1.35 bits per heavy atom. The van der Waals surface area contributed by atoms with Crippen molar-refractivity contribution in [2.24, 2.45) is 5.92 Å². The van der Waals surface area contributed by atoms with Crippen molar-refractivity contribution in [1.82, 2.24) is 9.62 Å². The van der Waals surface area contributed by atoms with Crippen LogP contribution in [0.5, 0.6) is 0 Å². The standard InChI is InChI=1S/C17H26N4O4S/c1-13(22)20(3)16-8-4-7-15(10-16)19-17(23)21-9-5-6-14(11-21)12-26(24,25)18-2/h4,7-8,10,14,18H,5-6,9,11-12H2,1-3H3,(H,19,23). The summed E-state index contributed by atoms with van der Waals surface area (Å²) in [7, 11) is -0.232. The van der Waals surface area contributed by atoms with Crippen molar-refractivity contribution in [3.63, 3.8) is 0 Å². The average Bonchev–Trinajstić information content (AvgIpc) is 2.61. The van der Waals surface area contributed by atoms with Crippen molar-refractivity contribution in [2.45, 2.75) is 19.8 Å². The third-order valence-corrected chi connectivity index (χ3v) is 6.06. The van der Waals surface area contributed by atoms with Gasteiger partial charge in [0.25, 0.3) is 0 Å². The summed E-state index contributed by atoms with van der Waals surface area (Å²) in [6.45, 7) is 2.47. The van der Waals surface area contributed by atoms with Crippen LogP contribution in [-0.4, -0.2) is 58.2 Å². The Labute approximate surface area is 154 Å². The average molecular weight is 382 g/mol. The van der Waals surface area contributed by atoms with Crippen molar-refractivity contribution in [1.29, 1.82) is 0 Å². The maximum Gasteiger partial charge on any atom is 0.321 e. The fraction of sp³-hybridized carbons (Fsp3) is 0.529. The normalized spacial score (nSPS) is 17.7. The predicted octanol–water partition coefficient (Wildman–Crippen LogP) is 1.46. The Balaban J connectivity index is 2.01. The molecule has 1 aliphatic rings. The number of hydrogen-bond acceptors (Lipinski definition) is 4. The number of piperidine rings is 1. The highest BCUT2D eigenvalue weighted by Gasteiger charge is 2.27. The van der Waals surface area contributed by atoms with Gasteiger partial charge in [-0.1, -0.05) is 6.07 Å². The fourth-order valence-electron chi connectivity index (χ4n) is 2.96. The van der Waals surface area contributed by atoms with Crippen LogP contribution in [0.2, 0.25) is 0 Å². The molecule has 26 heavy (non-hydrogen) atoms. The molecule has 0 radical (unpaired) electrons. The summed E-state index contributed by atoms with van der Waals surface area (Å²) in [4.78, 5) is 27.1. The lowest BCUT2D eigenvalue weighted by Gasteiger charge is -2.32. The summed E-state index contributed by atoms with van der Waals surface area (Å²) < 4.78 is 25.8. The van der Waals surface area contributed by atoms with Gasteiger partial charge in [0.1, 0.15) is 0 Å². The molecule has 0 aromatic heterocycles. The third kappa shape index (κ3) is 5.43. The summed E-state index contributed by atoms with van der Waals surface area (Å²) in [5, 5.41) is 2.83. The van der Waals surface area contributed by atoms with Gasteiger partial charge in [0.15, 0.2) is 0 Å². The molecule has 2 N–H and O–H groups in total. The van der Waals surface area contributed by atoms with Gasteiger partial charge < -0.3 is 15.1 Å². The van der Waals surface area contributed by atoms with Crippen LogP contribution in [0.1, 0.15) is 19.8 Å². The Bertz CT molecular complexity index is 766. The number of urea groups is 1. The van der Waals surface area contributed by atoms with Crippen LogP contribution in [0.4, 0.5) is 16.2 Å². The molecule has 1 atom stereocenters. The van der Waals surface area contributed by atoms with E-state index in [0.717, 1.165) is 12.8 Å². The molecular weight excluding hydrogens is 356 g/mol. The quantitative estimate of drug-likeness (QED) is 0.805. The number of sulfonamides is 1. The van der Waals surface area contributed by atoms with E-state index < -0.39 is 10.0 Å². The van der Waals surface area contributed by atoms with Gasteiger partial charge >= 0.3 is 6.03 Å². The maximum absolute atomic E-state index is 12.5. The van der Waals surface area contributed by atoms with Crippen LogP contribution < -0.4 is 14.9 Å². The molecule has 0 aliphatic carbocycles. The second-order valence-electron chi connectivity index (χ2n) is 6.50. The minimum Gasteiger partial charge on any atom is -0.324 e. The number of benzene rings is 1. The van der Waals surface area contributed by atoms with Gasteiger partial charge in [0.05, 0.1) is 5.75 Å². The predicted molar refractivity (Wildman–Crippen MR) is 102 cm³/mol. The van der Waals surface area contributed by atoms with Gasteiger partial charge in [-0.05, 0) is 44.0 Å². The van der Waals surface area contributed by atoms with E-state index in [1.807, 2.05) is 0 Å². The molecule has 1 unspecified atom stereocenters. The highest BCUT2D eigenvalue weighted by Crippen LogP contribution is 2.21. The highest BCUT2D eigenvalue weighted by atomic mass is 32.2. The van der Waals surface area contributed by atoms with Crippen LogP contribution in [0.25, 0.3) is 0 Å². The van der Waals surface area contributed by atoms with E-state index in [4.69, 9.17) is 0 Å². The maximum atomic E-state index is 12.5. The van der Waals surface area contributed by atoms with E-state index in [9.17, 15) is 18.0 Å². The van der Waals surface area contributed by atoms with Crippen molar-refractivity contribution < 1.29 is 18.0 Å².